The van der Waals surface area contributed by atoms with Crippen molar-refractivity contribution in [3.8, 4) is 11.5 Å². The van der Waals surface area contributed by atoms with Crippen LogP contribution in [0.1, 0.15) is 30.4 Å². The number of hydrogen-bond acceptors (Lipinski definition) is 4. The molecule has 20 heavy (non-hydrogen) atoms. The average molecular weight is 277 g/mol. The van der Waals surface area contributed by atoms with Crippen molar-refractivity contribution in [2.45, 2.75) is 38.3 Å². The molecule has 1 fully saturated rings. The molecule has 1 unspecified atom stereocenters. The first kappa shape index (κ1) is 13.7. The van der Waals surface area contributed by atoms with Crippen molar-refractivity contribution in [2.75, 3.05) is 26.9 Å². The van der Waals surface area contributed by atoms with Crippen molar-refractivity contribution < 1.29 is 14.2 Å². The fourth-order valence-corrected chi connectivity index (χ4v) is 3.04. The molecule has 0 bridgehead atoms. The number of hydrogen-bond donors (Lipinski definition) is 1. The second kappa shape index (κ2) is 6.46. The SMILES string of the molecule is COCc1ccc(CC2CCCCN2)c2c1OCCO2. The highest BCUT2D eigenvalue weighted by atomic mass is 16.6. The van der Waals surface area contributed by atoms with Crippen molar-refractivity contribution in [2.24, 2.45) is 0 Å². The first-order valence-corrected chi connectivity index (χ1v) is 7.51. The maximum absolute atomic E-state index is 5.87. The molecule has 110 valence electrons. The van der Waals surface area contributed by atoms with Crippen molar-refractivity contribution in [3.63, 3.8) is 0 Å². The topological polar surface area (TPSA) is 39.7 Å². The Balaban J connectivity index is 1.83. The third-order valence-corrected chi connectivity index (χ3v) is 4.03. The van der Waals surface area contributed by atoms with Crippen LogP contribution in [0.2, 0.25) is 0 Å². The Kier molecular flexibility index (Phi) is 4.43. The summed E-state index contributed by atoms with van der Waals surface area (Å²) < 4.78 is 16.9. The monoisotopic (exact) mass is 277 g/mol. The fraction of sp³-hybridized carbons (Fsp3) is 0.625. The number of ether oxygens (including phenoxy) is 3. The zero-order chi connectivity index (χ0) is 13.8. The first-order chi connectivity index (χ1) is 9.88. The first-order valence-electron chi connectivity index (χ1n) is 7.51. The molecule has 4 nitrogen and oxygen atoms in total. The molecule has 2 aliphatic heterocycles. The summed E-state index contributed by atoms with van der Waals surface area (Å²) in [5.41, 5.74) is 2.32. The van der Waals surface area contributed by atoms with Crippen LogP contribution in [0.4, 0.5) is 0 Å². The van der Waals surface area contributed by atoms with E-state index in [-0.39, 0.29) is 0 Å². The van der Waals surface area contributed by atoms with Crippen molar-refractivity contribution in [1.29, 1.82) is 0 Å². The highest BCUT2D eigenvalue weighted by Gasteiger charge is 2.22. The van der Waals surface area contributed by atoms with Gasteiger partial charge in [-0.05, 0) is 31.4 Å². The molecule has 4 heteroatoms. The van der Waals surface area contributed by atoms with E-state index in [9.17, 15) is 0 Å². The van der Waals surface area contributed by atoms with Gasteiger partial charge in [-0.3, -0.25) is 0 Å². The van der Waals surface area contributed by atoms with E-state index in [4.69, 9.17) is 14.2 Å². The molecule has 1 N–H and O–H groups in total. The van der Waals surface area contributed by atoms with Gasteiger partial charge in [-0.25, -0.2) is 0 Å². The Morgan fingerprint density at radius 1 is 1.15 bits per heavy atom. The molecule has 2 aliphatic rings. The van der Waals surface area contributed by atoms with Crippen LogP contribution in [0.3, 0.4) is 0 Å². The third kappa shape index (κ3) is 2.91. The molecule has 0 aromatic heterocycles. The normalized spacial score (nSPS) is 21.8. The van der Waals surface area contributed by atoms with Gasteiger partial charge in [0.15, 0.2) is 11.5 Å². The highest BCUT2D eigenvalue weighted by Crippen LogP contribution is 2.38. The van der Waals surface area contributed by atoms with Crippen LogP contribution in [-0.4, -0.2) is 32.9 Å². The Morgan fingerprint density at radius 3 is 2.60 bits per heavy atom. The largest absolute Gasteiger partial charge is 0.486 e. The molecular weight excluding hydrogens is 254 g/mol. The lowest BCUT2D eigenvalue weighted by molar-refractivity contribution is 0.151. The van der Waals surface area contributed by atoms with Crippen molar-refractivity contribution in [1.82, 2.24) is 5.32 Å². The quantitative estimate of drug-likeness (QED) is 0.916. The number of methoxy groups -OCH3 is 1. The summed E-state index contributed by atoms with van der Waals surface area (Å²) >= 11 is 0. The predicted molar refractivity (Wildman–Crippen MR) is 77.5 cm³/mol. The van der Waals surface area contributed by atoms with E-state index in [1.165, 1.54) is 24.8 Å². The summed E-state index contributed by atoms with van der Waals surface area (Å²) in [6.07, 6.45) is 4.87. The van der Waals surface area contributed by atoms with E-state index in [0.717, 1.165) is 30.0 Å². The number of piperidine rings is 1. The van der Waals surface area contributed by atoms with Gasteiger partial charge in [-0.15, -0.1) is 0 Å². The summed E-state index contributed by atoms with van der Waals surface area (Å²) in [7, 11) is 1.70. The lowest BCUT2D eigenvalue weighted by Gasteiger charge is -2.27. The van der Waals surface area contributed by atoms with E-state index in [1.807, 2.05) is 0 Å². The number of benzene rings is 1. The molecule has 0 amide bonds. The molecule has 0 radical (unpaired) electrons. The Labute approximate surface area is 120 Å². The van der Waals surface area contributed by atoms with Gasteiger partial charge >= 0.3 is 0 Å². The van der Waals surface area contributed by atoms with Gasteiger partial charge in [0.05, 0.1) is 6.61 Å². The smallest absolute Gasteiger partial charge is 0.167 e. The van der Waals surface area contributed by atoms with Crippen molar-refractivity contribution in [3.05, 3.63) is 23.3 Å². The second-order valence-electron chi connectivity index (χ2n) is 5.52. The molecular formula is C16H23NO3. The zero-order valence-electron chi connectivity index (χ0n) is 12.1. The average Bonchev–Trinajstić information content (AvgIpc) is 2.51. The van der Waals surface area contributed by atoms with Gasteiger partial charge in [0.25, 0.3) is 0 Å². The number of fused-ring (bicyclic) bond motifs is 1. The fourth-order valence-electron chi connectivity index (χ4n) is 3.04. The van der Waals surface area contributed by atoms with E-state index in [2.05, 4.69) is 17.4 Å². The van der Waals surface area contributed by atoms with Crippen LogP contribution in [0.15, 0.2) is 12.1 Å². The van der Waals surface area contributed by atoms with Gasteiger partial charge < -0.3 is 19.5 Å². The lowest BCUT2D eigenvalue weighted by Crippen LogP contribution is -2.35. The lowest BCUT2D eigenvalue weighted by atomic mass is 9.96. The summed E-state index contributed by atoms with van der Waals surface area (Å²) in [6, 6.07) is 4.83. The minimum Gasteiger partial charge on any atom is -0.486 e. The summed E-state index contributed by atoms with van der Waals surface area (Å²) in [4.78, 5) is 0. The van der Waals surface area contributed by atoms with Crippen LogP contribution < -0.4 is 14.8 Å². The maximum atomic E-state index is 5.87. The van der Waals surface area contributed by atoms with Gasteiger partial charge in [-0.1, -0.05) is 18.6 Å². The van der Waals surface area contributed by atoms with Crippen LogP contribution in [0.5, 0.6) is 11.5 Å². The molecule has 2 heterocycles. The minimum absolute atomic E-state index is 0.562. The molecule has 0 aliphatic carbocycles. The van der Waals surface area contributed by atoms with Crippen LogP contribution >= 0.6 is 0 Å². The van der Waals surface area contributed by atoms with Gasteiger partial charge in [-0.2, -0.15) is 0 Å². The molecule has 1 aromatic rings. The Bertz CT molecular complexity index is 455. The summed E-state index contributed by atoms with van der Waals surface area (Å²) in [5.74, 6) is 1.81. The highest BCUT2D eigenvalue weighted by molar-refractivity contribution is 5.53. The van der Waals surface area contributed by atoms with E-state index in [0.29, 0.717) is 25.9 Å². The van der Waals surface area contributed by atoms with Gasteiger partial charge in [0.2, 0.25) is 0 Å². The molecule has 3 rings (SSSR count). The molecule has 1 saturated heterocycles. The summed E-state index contributed by atoms with van der Waals surface area (Å²) in [5, 5.41) is 3.59. The van der Waals surface area contributed by atoms with Gasteiger partial charge in [0, 0.05) is 18.7 Å². The third-order valence-electron chi connectivity index (χ3n) is 4.03. The molecule has 1 atom stereocenters. The molecule has 0 saturated carbocycles. The van der Waals surface area contributed by atoms with Crippen LogP contribution in [-0.2, 0) is 17.8 Å². The molecule has 1 aromatic carbocycles. The second-order valence-corrected chi connectivity index (χ2v) is 5.52. The Hall–Kier alpha value is -1.26. The van der Waals surface area contributed by atoms with E-state index in [1.54, 1.807) is 7.11 Å². The van der Waals surface area contributed by atoms with Gasteiger partial charge in [0.1, 0.15) is 13.2 Å². The Morgan fingerprint density at radius 2 is 1.90 bits per heavy atom. The van der Waals surface area contributed by atoms with E-state index >= 15 is 0 Å². The standard InChI is InChI=1S/C16H23NO3/c1-18-11-13-6-5-12(10-14-4-2-3-7-17-14)15-16(13)20-9-8-19-15/h5-6,14,17H,2-4,7-11H2,1H3. The van der Waals surface area contributed by atoms with E-state index < -0.39 is 0 Å². The van der Waals surface area contributed by atoms with Crippen molar-refractivity contribution >= 4 is 0 Å². The van der Waals surface area contributed by atoms with Crippen LogP contribution in [0.25, 0.3) is 0 Å². The predicted octanol–water partition coefficient (Wildman–Crippen LogP) is 2.29. The van der Waals surface area contributed by atoms with Crippen LogP contribution in [0, 0.1) is 0 Å². The number of nitrogens with one attached hydrogen (secondary N) is 1. The zero-order valence-corrected chi connectivity index (χ0v) is 12.1. The number of rotatable bonds is 4. The summed E-state index contributed by atoms with van der Waals surface area (Å²) in [6.45, 7) is 2.95. The minimum atomic E-state index is 0.562. The molecule has 0 spiro atoms. The maximum Gasteiger partial charge on any atom is 0.167 e.